The molecule has 3 N–H and O–H groups in total. The van der Waals surface area contributed by atoms with E-state index in [-0.39, 0.29) is 4.90 Å². The van der Waals surface area contributed by atoms with Gasteiger partial charge >= 0.3 is 0 Å². The van der Waals surface area contributed by atoms with E-state index in [0.29, 0.717) is 18.2 Å². The fourth-order valence-electron chi connectivity index (χ4n) is 3.21. The van der Waals surface area contributed by atoms with E-state index in [4.69, 9.17) is 5.73 Å². The molecule has 116 valence electrons. The third-order valence-electron chi connectivity index (χ3n) is 4.94. The topological polar surface area (TPSA) is 72.2 Å². The molecule has 0 bridgehead atoms. The van der Waals surface area contributed by atoms with Crippen LogP contribution in [-0.4, -0.2) is 15.0 Å². The average molecular weight is 308 g/mol. The Balaban J connectivity index is 1.79. The van der Waals surface area contributed by atoms with Crippen LogP contribution < -0.4 is 10.5 Å². The van der Waals surface area contributed by atoms with Crippen LogP contribution in [0.2, 0.25) is 0 Å². The number of nitrogens with two attached hydrogens (primary N) is 1. The Kier molecular flexibility index (Phi) is 3.74. The number of nitrogen functional groups attached to an aromatic ring is 1. The highest BCUT2D eigenvalue weighted by atomic mass is 32.2. The molecule has 0 saturated heterocycles. The molecule has 3 rings (SSSR count). The maximum absolute atomic E-state index is 12.6. The molecule has 2 saturated carbocycles. The molecule has 1 aromatic rings. The van der Waals surface area contributed by atoms with Crippen LogP contribution in [-0.2, 0) is 10.0 Å². The van der Waals surface area contributed by atoms with Gasteiger partial charge in [0.25, 0.3) is 0 Å². The second-order valence-corrected chi connectivity index (χ2v) is 8.32. The molecule has 4 nitrogen and oxygen atoms in total. The van der Waals surface area contributed by atoms with Crippen molar-refractivity contribution in [1.82, 2.24) is 4.72 Å². The molecule has 21 heavy (non-hydrogen) atoms. The minimum absolute atomic E-state index is 0.257. The highest BCUT2D eigenvalue weighted by Crippen LogP contribution is 2.49. The number of sulfonamides is 1. The number of hydrogen-bond acceptors (Lipinski definition) is 3. The molecular formula is C16H24N2O2S. The fourth-order valence-corrected chi connectivity index (χ4v) is 4.71. The summed E-state index contributed by atoms with van der Waals surface area (Å²) in [4.78, 5) is 0.257. The van der Waals surface area contributed by atoms with Gasteiger partial charge in [-0.2, -0.15) is 0 Å². The molecule has 0 spiro atoms. The van der Waals surface area contributed by atoms with Crippen molar-refractivity contribution >= 4 is 15.7 Å². The number of nitrogens with one attached hydrogen (secondary N) is 1. The van der Waals surface area contributed by atoms with E-state index in [1.165, 1.54) is 25.7 Å². The molecule has 0 heterocycles. The number of rotatable bonds is 6. The lowest BCUT2D eigenvalue weighted by molar-refractivity contribution is 0.401. The van der Waals surface area contributed by atoms with Gasteiger partial charge in [-0.15, -0.1) is 0 Å². The Morgan fingerprint density at radius 1 is 1.19 bits per heavy atom. The van der Waals surface area contributed by atoms with Gasteiger partial charge in [0.2, 0.25) is 10.0 Å². The van der Waals surface area contributed by atoms with Crippen LogP contribution >= 0.6 is 0 Å². The summed E-state index contributed by atoms with van der Waals surface area (Å²) in [7, 11) is -3.53. The molecule has 0 aliphatic heterocycles. The van der Waals surface area contributed by atoms with Crippen molar-refractivity contribution < 1.29 is 8.42 Å². The number of aryl methyl sites for hydroxylation is 1. The molecule has 2 fully saturated rings. The number of anilines is 1. The molecule has 5 heteroatoms. The van der Waals surface area contributed by atoms with E-state index in [0.717, 1.165) is 23.0 Å². The highest BCUT2D eigenvalue weighted by Gasteiger charge is 2.41. The van der Waals surface area contributed by atoms with Crippen LogP contribution in [0.3, 0.4) is 0 Å². The summed E-state index contributed by atoms with van der Waals surface area (Å²) in [5.74, 6) is 1.98. The van der Waals surface area contributed by atoms with Gasteiger partial charge in [0.05, 0.1) is 5.69 Å². The molecular weight excluding hydrogens is 284 g/mol. The normalized spacial score (nSPS) is 19.2. The van der Waals surface area contributed by atoms with E-state index in [1.807, 2.05) is 19.9 Å². The summed E-state index contributed by atoms with van der Waals surface area (Å²) in [5.41, 5.74) is 7.94. The first kappa shape index (κ1) is 14.9. The largest absolute Gasteiger partial charge is 0.398 e. The van der Waals surface area contributed by atoms with Crippen LogP contribution in [0.5, 0.6) is 0 Å². The Morgan fingerprint density at radius 2 is 1.76 bits per heavy atom. The van der Waals surface area contributed by atoms with Crippen molar-refractivity contribution in [1.29, 1.82) is 0 Å². The summed E-state index contributed by atoms with van der Waals surface area (Å²) >= 11 is 0. The molecule has 2 aliphatic carbocycles. The average Bonchev–Trinajstić information content (AvgIpc) is 3.25. The minimum atomic E-state index is -3.53. The van der Waals surface area contributed by atoms with E-state index >= 15 is 0 Å². The first-order valence-corrected chi connectivity index (χ1v) is 9.24. The summed E-state index contributed by atoms with van der Waals surface area (Å²) in [6.07, 6.45) is 5.03. The van der Waals surface area contributed by atoms with Gasteiger partial charge in [0.1, 0.15) is 4.90 Å². The zero-order chi connectivity index (χ0) is 15.2. The first-order chi connectivity index (χ1) is 9.90. The van der Waals surface area contributed by atoms with Crippen LogP contribution in [0.25, 0.3) is 0 Å². The number of benzene rings is 1. The SMILES string of the molecule is Cc1ccc(N)c(S(=O)(=O)NCC(C2CC2)C2CC2)c1C. The molecule has 2 aliphatic rings. The van der Waals surface area contributed by atoms with Gasteiger partial charge in [-0.25, -0.2) is 13.1 Å². The van der Waals surface area contributed by atoms with E-state index < -0.39 is 10.0 Å². The van der Waals surface area contributed by atoms with Gasteiger partial charge in [0, 0.05) is 6.54 Å². The van der Waals surface area contributed by atoms with E-state index in [2.05, 4.69) is 4.72 Å². The fraction of sp³-hybridized carbons (Fsp3) is 0.625. The summed E-state index contributed by atoms with van der Waals surface area (Å²) in [6.45, 7) is 4.29. The quantitative estimate of drug-likeness (QED) is 0.793. The van der Waals surface area contributed by atoms with Crippen molar-refractivity contribution in [2.24, 2.45) is 17.8 Å². The predicted molar refractivity (Wildman–Crippen MR) is 84.5 cm³/mol. The molecule has 1 aromatic carbocycles. The highest BCUT2D eigenvalue weighted by molar-refractivity contribution is 7.89. The smallest absolute Gasteiger partial charge is 0.242 e. The summed E-state index contributed by atoms with van der Waals surface area (Å²) in [5, 5.41) is 0. The van der Waals surface area contributed by atoms with Crippen molar-refractivity contribution in [3.63, 3.8) is 0 Å². The lowest BCUT2D eigenvalue weighted by atomic mass is 9.99. The van der Waals surface area contributed by atoms with Crippen molar-refractivity contribution in [3.05, 3.63) is 23.3 Å². The predicted octanol–water partition coefficient (Wildman–Crippen LogP) is 2.60. The van der Waals surface area contributed by atoms with Crippen LogP contribution in [0.1, 0.15) is 36.8 Å². The first-order valence-electron chi connectivity index (χ1n) is 7.75. The summed E-state index contributed by atoms with van der Waals surface area (Å²) in [6, 6.07) is 3.54. The van der Waals surface area contributed by atoms with Crippen LogP contribution in [0.4, 0.5) is 5.69 Å². The molecule has 0 amide bonds. The second kappa shape index (κ2) is 5.29. The van der Waals surface area contributed by atoms with Crippen molar-refractivity contribution in [2.75, 3.05) is 12.3 Å². The van der Waals surface area contributed by atoms with Crippen molar-refractivity contribution in [2.45, 2.75) is 44.4 Å². The Labute approximate surface area is 127 Å². The van der Waals surface area contributed by atoms with Gasteiger partial charge < -0.3 is 5.73 Å². The monoisotopic (exact) mass is 308 g/mol. The zero-order valence-electron chi connectivity index (χ0n) is 12.7. The number of hydrogen-bond donors (Lipinski definition) is 2. The third-order valence-corrected chi connectivity index (χ3v) is 6.57. The van der Waals surface area contributed by atoms with Gasteiger partial charge in [-0.1, -0.05) is 6.07 Å². The van der Waals surface area contributed by atoms with Gasteiger partial charge in [0.15, 0.2) is 0 Å². The summed E-state index contributed by atoms with van der Waals surface area (Å²) < 4.78 is 28.1. The second-order valence-electron chi connectivity index (χ2n) is 6.62. The molecule has 0 aromatic heterocycles. The lowest BCUT2D eigenvalue weighted by Gasteiger charge is -2.18. The van der Waals surface area contributed by atoms with E-state index in [1.54, 1.807) is 6.07 Å². The van der Waals surface area contributed by atoms with Crippen LogP contribution in [0, 0.1) is 31.6 Å². The Morgan fingerprint density at radius 3 is 2.29 bits per heavy atom. The Bertz CT molecular complexity index is 634. The van der Waals surface area contributed by atoms with Crippen molar-refractivity contribution in [3.8, 4) is 0 Å². The minimum Gasteiger partial charge on any atom is -0.398 e. The molecule has 0 unspecified atom stereocenters. The van der Waals surface area contributed by atoms with Gasteiger partial charge in [-0.3, -0.25) is 0 Å². The Hall–Kier alpha value is -1.07. The zero-order valence-corrected chi connectivity index (χ0v) is 13.5. The maximum atomic E-state index is 12.6. The lowest BCUT2D eigenvalue weighted by Crippen LogP contribution is -2.32. The maximum Gasteiger partial charge on any atom is 0.242 e. The van der Waals surface area contributed by atoms with Gasteiger partial charge in [-0.05, 0) is 74.5 Å². The van der Waals surface area contributed by atoms with E-state index in [9.17, 15) is 8.42 Å². The molecule has 0 radical (unpaired) electrons. The van der Waals surface area contributed by atoms with Crippen LogP contribution in [0.15, 0.2) is 17.0 Å². The standard InChI is InChI=1S/C16H24N2O2S/c1-10-3-8-15(17)16(11(10)2)21(19,20)18-9-14(12-4-5-12)13-6-7-13/h3,8,12-14,18H,4-7,9,17H2,1-2H3. The molecule has 0 atom stereocenters. The third kappa shape index (κ3) is 3.09.